The van der Waals surface area contributed by atoms with Gasteiger partial charge in [-0.3, -0.25) is 0 Å². The van der Waals surface area contributed by atoms with Crippen LogP contribution in [0.5, 0.6) is 0 Å². The van der Waals surface area contributed by atoms with Crippen molar-refractivity contribution < 1.29 is 0 Å². The van der Waals surface area contributed by atoms with E-state index in [-0.39, 0.29) is 6.04 Å². The summed E-state index contributed by atoms with van der Waals surface area (Å²) >= 11 is 5.88. The third-order valence-electron chi connectivity index (χ3n) is 3.44. The summed E-state index contributed by atoms with van der Waals surface area (Å²) in [6.45, 7) is 4.47. The molecule has 1 rings (SSSR count). The predicted molar refractivity (Wildman–Crippen MR) is 76.4 cm³/mol. The first-order valence-electron chi connectivity index (χ1n) is 6.67. The molecule has 0 radical (unpaired) electrons. The van der Waals surface area contributed by atoms with Crippen LogP contribution in [-0.4, -0.2) is 6.04 Å². The summed E-state index contributed by atoms with van der Waals surface area (Å²) in [4.78, 5) is 0. The molecule has 1 nitrogen and oxygen atoms in total. The first-order valence-corrected chi connectivity index (χ1v) is 7.05. The SMILES string of the molecule is CCCCC(CC)C(N)Cc1ccc(Cl)cc1. The number of rotatable bonds is 7. The standard InChI is InChI=1S/C15H24ClN/c1-3-5-6-13(4-2)15(17)11-12-7-9-14(16)10-8-12/h7-10,13,15H,3-6,11,17H2,1-2H3. The molecule has 17 heavy (non-hydrogen) atoms. The topological polar surface area (TPSA) is 26.0 Å². The van der Waals surface area contributed by atoms with Crippen LogP contribution in [0.1, 0.15) is 45.1 Å². The second-order valence-electron chi connectivity index (χ2n) is 4.81. The Kier molecular flexibility index (Phi) is 6.61. The summed E-state index contributed by atoms with van der Waals surface area (Å²) in [7, 11) is 0. The van der Waals surface area contributed by atoms with Crippen molar-refractivity contribution >= 4 is 11.6 Å². The second-order valence-corrected chi connectivity index (χ2v) is 5.24. The number of hydrogen-bond donors (Lipinski definition) is 1. The molecule has 0 bridgehead atoms. The number of benzene rings is 1. The molecule has 96 valence electrons. The van der Waals surface area contributed by atoms with E-state index in [0.717, 1.165) is 11.4 Å². The van der Waals surface area contributed by atoms with Gasteiger partial charge in [0.25, 0.3) is 0 Å². The summed E-state index contributed by atoms with van der Waals surface area (Å²) < 4.78 is 0. The van der Waals surface area contributed by atoms with E-state index in [1.807, 2.05) is 12.1 Å². The normalized spacial score (nSPS) is 14.6. The summed E-state index contributed by atoms with van der Waals surface area (Å²) in [6, 6.07) is 8.31. The maximum atomic E-state index is 6.31. The average Bonchev–Trinajstić information content (AvgIpc) is 2.33. The van der Waals surface area contributed by atoms with Crippen molar-refractivity contribution in [3.05, 3.63) is 34.9 Å². The third kappa shape index (κ3) is 5.10. The van der Waals surface area contributed by atoms with E-state index in [2.05, 4.69) is 26.0 Å². The van der Waals surface area contributed by atoms with Crippen LogP contribution in [0.2, 0.25) is 5.02 Å². The lowest BCUT2D eigenvalue weighted by Crippen LogP contribution is -2.32. The van der Waals surface area contributed by atoms with E-state index < -0.39 is 0 Å². The number of halogens is 1. The van der Waals surface area contributed by atoms with Gasteiger partial charge in [-0.15, -0.1) is 0 Å². The Morgan fingerprint density at radius 1 is 1.18 bits per heavy atom. The first-order chi connectivity index (χ1) is 8.17. The van der Waals surface area contributed by atoms with Gasteiger partial charge in [0.1, 0.15) is 0 Å². The fourth-order valence-corrected chi connectivity index (χ4v) is 2.37. The van der Waals surface area contributed by atoms with Crippen LogP contribution in [0, 0.1) is 5.92 Å². The zero-order valence-electron chi connectivity index (χ0n) is 11.0. The molecule has 1 aromatic carbocycles. The summed E-state index contributed by atoms with van der Waals surface area (Å²) in [6.07, 6.45) is 5.92. The minimum absolute atomic E-state index is 0.271. The molecule has 1 aromatic rings. The van der Waals surface area contributed by atoms with E-state index in [4.69, 9.17) is 17.3 Å². The smallest absolute Gasteiger partial charge is 0.0406 e. The van der Waals surface area contributed by atoms with Gasteiger partial charge in [-0.05, 0) is 36.5 Å². The zero-order chi connectivity index (χ0) is 12.7. The van der Waals surface area contributed by atoms with E-state index in [9.17, 15) is 0 Å². The monoisotopic (exact) mass is 253 g/mol. The van der Waals surface area contributed by atoms with E-state index in [1.54, 1.807) is 0 Å². The fraction of sp³-hybridized carbons (Fsp3) is 0.600. The molecular weight excluding hydrogens is 230 g/mol. The van der Waals surface area contributed by atoms with Crippen molar-refractivity contribution in [1.29, 1.82) is 0 Å². The molecule has 0 aliphatic carbocycles. The minimum Gasteiger partial charge on any atom is -0.327 e. The van der Waals surface area contributed by atoms with Crippen molar-refractivity contribution in [1.82, 2.24) is 0 Å². The van der Waals surface area contributed by atoms with Gasteiger partial charge in [0, 0.05) is 11.1 Å². The fourth-order valence-electron chi connectivity index (χ4n) is 2.25. The van der Waals surface area contributed by atoms with Gasteiger partial charge in [0.15, 0.2) is 0 Å². The maximum absolute atomic E-state index is 6.31. The Bertz CT molecular complexity index is 307. The second kappa shape index (κ2) is 7.73. The van der Waals surface area contributed by atoms with Gasteiger partial charge in [0.05, 0.1) is 0 Å². The van der Waals surface area contributed by atoms with Crippen molar-refractivity contribution in [2.45, 2.75) is 52.0 Å². The van der Waals surface area contributed by atoms with E-state index in [1.165, 1.54) is 31.2 Å². The van der Waals surface area contributed by atoms with Gasteiger partial charge in [0.2, 0.25) is 0 Å². The lowest BCUT2D eigenvalue weighted by molar-refractivity contribution is 0.369. The van der Waals surface area contributed by atoms with Crippen molar-refractivity contribution in [2.75, 3.05) is 0 Å². The molecule has 0 aromatic heterocycles. The molecule has 0 aliphatic rings. The molecule has 0 fully saturated rings. The van der Waals surface area contributed by atoms with Crippen LogP contribution in [0.25, 0.3) is 0 Å². The van der Waals surface area contributed by atoms with Crippen LogP contribution in [0.15, 0.2) is 24.3 Å². The molecule has 0 spiro atoms. The Morgan fingerprint density at radius 2 is 1.82 bits per heavy atom. The molecule has 2 heteroatoms. The van der Waals surface area contributed by atoms with Crippen molar-refractivity contribution in [3.63, 3.8) is 0 Å². The molecule has 2 N–H and O–H groups in total. The Hall–Kier alpha value is -0.530. The maximum Gasteiger partial charge on any atom is 0.0406 e. The van der Waals surface area contributed by atoms with Crippen LogP contribution in [-0.2, 0) is 6.42 Å². The van der Waals surface area contributed by atoms with Crippen LogP contribution < -0.4 is 5.73 Å². The Morgan fingerprint density at radius 3 is 2.35 bits per heavy atom. The molecule has 0 saturated carbocycles. The molecule has 0 saturated heterocycles. The van der Waals surface area contributed by atoms with Gasteiger partial charge in [-0.2, -0.15) is 0 Å². The quantitative estimate of drug-likeness (QED) is 0.765. The highest BCUT2D eigenvalue weighted by Crippen LogP contribution is 2.19. The first kappa shape index (κ1) is 14.5. The Labute approximate surface area is 110 Å². The lowest BCUT2D eigenvalue weighted by Gasteiger charge is -2.22. The highest BCUT2D eigenvalue weighted by atomic mass is 35.5. The van der Waals surface area contributed by atoms with E-state index >= 15 is 0 Å². The van der Waals surface area contributed by atoms with Gasteiger partial charge < -0.3 is 5.73 Å². The van der Waals surface area contributed by atoms with Crippen molar-refractivity contribution in [3.8, 4) is 0 Å². The zero-order valence-corrected chi connectivity index (χ0v) is 11.7. The van der Waals surface area contributed by atoms with E-state index in [0.29, 0.717) is 5.92 Å². The van der Waals surface area contributed by atoms with Gasteiger partial charge in [-0.1, -0.05) is 56.8 Å². The largest absolute Gasteiger partial charge is 0.327 e. The predicted octanol–water partition coefficient (Wildman–Crippen LogP) is 4.43. The molecular formula is C15H24ClN. The highest BCUT2D eigenvalue weighted by molar-refractivity contribution is 6.30. The summed E-state index contributed by atoms with van der Waals surface area (Å²) in [5, 5.41) is 0.792. The molecule has 0 aliphatic heterocycles. The average molecular weight is 254 g/mol. The molecule has 0 amide bonds. The summed E-state index contributed by atoms with van der Waals surface area (Å²) in [5.41, 5.74) is 7.60. The number of hydrogen-bond acceptors (Lipinski definition) is 1. The minimum atomic E-state index is 0.271. The van der Waals surface area contributed by atoms with Crippen LogP contribution in [0.3, 0.4) is 0 Å². The molecule has 2 unspecified atom stereocenters. The molecule has 0 heterocycles. The van der Waals surface area contributed by atoms with Crippen LogP contribution >= 0.6 is 11.6 Å². The summed E-state index contributed by atoms with van der Waals surface area (Å²) in [5.74, 6) is 0.644. The highest BCUT2D eigenvalue weighted by Gasteiger charge is 2.15. The van der Waals surface area contributed by atoms with Crippen LogP contribution in [0.4, 0.5) is 0 Å². The Balaban J connectivity index is 2.51. The number of nitrogens with two attached hydrogens (primary N) is 1. The van der Waals surface area contributed by atoms with Gasteiger partial charge >= 0.3 is 0 Å². The number of unbranched alkanes of at least 4 members (excludes halogenated alkanes) is 1. The van der Waals surface area contributed by atoms with Crippen molar-refractivity contribution in [2.24, 2.45) is 11.7 Å². The van der Waals surface area contributed by atoms with Gasteiger partial charge in [-0.25, -0.2) is 0 Å². The molecule has 2 atom stereocenters. The third-order valence-corrected chi connectivity index (χ3v) is 3.69. The lowest BCUT2D eigenvalue weighted by atomic mass is 9.88.